The van der Waals surface area contributed by atoms with Crippen LogP contribution in [0.2, 0.25) is 0 Å². The van der Waals surface area contributed by atoms with Gasteiger partial charge in [-0.05, 0) is 49.6 Å². The minimum absolute atomic E-state index is 0.219. The summed E-state index contributed by atoms with van der Waals surface area (Å²) < 4.78 is 2.15. The monoisotopic (exact) mass is 318 g/mol. The number of hydrogen-bond acceptors (Lipinski definition) is 2. The van der Waals surface area contributed by atoms with Crippen LogP contribution in [0.3, 0.4) is 0 Å². The van der Waals surface area contributed by atoms with Crippen LogP contribution in [0, 0.1) is 6.92 Å². The van der Waals surface area contributed by atoms with E-state index in [0.717, 1.165) is 46.3 Å². The Balaban J connectivity index is 2.03. The standard InChI is InChI=1S/C20H18N2O2/c1-12-11-13(9-10-14(12)20(21)24)22-16-6-3-2-5-15(16)19-17(22)7-4-8-18(19)23/h2-3,5-6,9-11H,4,7-8H2,1H3,(H2,21,24). The van der Waals surface area contributed by atoms with E-state index in [-0.39, 0.29) is 5.78 Å². The second kappa shape index (κ2) is 5.34. The number of para-hydroxylation sites is 1. The van der Waals surface area contributed by atoms with Gasteiger partial charge >= 0.3 is 0 Å². The Bertz CT molecular complexity index is 998. The van der Waals surface area contributed by atoms with Gasteiger partial charge in [0, 0.05) is 34.3 Å². The highest BCUT2D eigenvalue weighted by atomic mass is 16.1. The lowest BCUT2D eigenvalue weighted by Gasteiger charge is -2.16. The first-order valence-corrected chi connectivity index (χ1v) is 8.14. The van der Waals surface area contributed by atoms with Crippen LogP contribution in [0.15, 0.2) is 42.5 Å². The molecule has 0 bridgehead atoms. The number of fused-ring (bicyclic) bond motifs is 3. The highest BCUT2D eigenvalue weighted by Crippen LogP contribution is 2.34. The number of amides is 1. The number of benzene rings is 2. The Labute approximate surface area is 139 Å². The summed E-state index contributed by atoms with van der Waals surface area (Å²) in [5, 5.41) is 1.01. The van der Waals surface area contributed by atoms with E-state index in [9.17, 15) is 9.59 Å². The molecule has 1 aromatic heterocycles. The van der Waals surface area contributed by atoms with E-state index in [0.29, 0.717) is 12.0 Å². The van der Waals surface area contributed by atoms with E-state index < -0.39 is 5.91 Å². The molecule has 0 unspecified atom stereocenters. The van der Waals surface area contributed by atoms with Crippen molar-refractivity contribution in [1.29, 1.82) is 0 Å². The second-order valence-electron chi connectivity index (χ2n) is 6.31. The summed E-state index contributed by atoms with van der Waals surface area (Å²) in [4.78, 5) is 24.0. The largest absolute Gasteiger partial charge is 0.366 e. The summed E-state index contributed by atoms with van der Waals surface area (Å²) in [5.41, 5.74) is 10.7. The van der Waals surface area contributed by atoms with Crippen LogP contribution >= 0.6 is 0 Å². The fraction of sp³-hybridized carbons (Fsp3) is 0.200. The minimum Gasteiger partial charge on any atom is -0.366 e. The first-order valence-electron chi connectivity index (χ1n) is 8.14. The molecule has 0 aliphatic heterocycles. The van der Waals surface area contributed by atoms with E-state index >= 15 is 0 Å². The van der Waals surface area contributed by atoms with Gasteiger partial charge in [-0.3, -0.25) is 9.59 Å². The topological polar surface area (TPSA) is 65.1 Å². The summed E-state index contributed by atoms with van der Waals surface area (Å²) in [5.74, 6) is -0.203. The number of primary amides is 1. The molecule has 4 nitrogen and oxygen atoms in total. The Morgan fingerprint density at radius 1 is 1.12 bits per heavy atom. The van der Waals surface area contributed by atoms with Gasteiger partial charge in [0.25, 0.3) is 0 Å². The minimum atomic E-state index is -0.423. The van der Waals surface area contributed by atoms with Gasteiger partial charge < -0.3 is 10.3 Å². The summed E-state index contributed by atoms with van der Waals surface area (Å²) in [6.45, 7) is 1.88. The Morgan fingerprint density at radius 2 is 1.92 bits per heavy atom. The number of aromatic nitrogens is 1. The first-order chi connectivity index (χ1) is 11.6. The van der Waals surface area contributed by atoms with Crippen LogP contribution in [0.5, 0.6) is 0 Å². The average molecular weight is 318 g/mol. The third-order valence-corrected chi connectivity index (χ3v) is 4.80. The molecule has 1 heterocycles. The number of carbonyl (C=O) groups is 2. The summed E-state index contributed by atoms with van der Waals surface area (Å²) in [7, 11) is 0. The lowest BCUT2D eigenvalue weighted by atomic mass is 9.94. The van der Waals surface area contributed by atoms with Gasteiger partial charge in [-0.25, -0.2) is 0 Å². The van der Waals surface area contributed by atoms with Crippen molar-refractivity contribution in [1.82, 2.24) is 4.57 Å². The summed E-state index contributed by atoms with van der Waals surface area (Å²) in [6, 6.07) is 13.6. The third kappa shape index (κ3) is 2.07. The lowest BCUT2D eigenvalue weighted by Crippen LogP contribution is -2.14. The van der Waals surface area contributed by atoms with Crippen molar-refractivity contribution in [2.24, 2.45) is 5.73 Å². The zero-order chi connectivity index (χ0) is 16.8. The number of hydrogen-bond donors (Lipinski definition) is 1. The molecule has 120 valence electrons. The van der Waals surface area contributed by atoms with Crippen LogP contribution in [0.1, 0.15) is 44.8 Å². The molecule has 1 aliphatic carbocycles. The van der Waals surface area contributed by atoms with Crippen molar-refractivity contribution in [3.8, 4) is 5.69 Å². The van der Waals surface area contributed by atoms with Crippen LogP contribution in [-0.4, -0.2) is 16.3 Å². The molecule has 0 fully saturated rings. The molecule has 4 heteroatoms. The zero-order valence-corrected chi connectivity index (χ0v) is 13.5. The van der Waals surface area contributed by atoms with Gasteiger partial charge in [-0.15, -0.1) is 0 Å². The summed E-state index contributed by atoms with van der Waals surface area (Å²) in [6.07, 6.45) is 2.37. The molecule has 0 spiro atoms. The average Bonchev–Trinajstić information content (AvgIpc) is 2.90. The van der Waals surface area contributed by atoms with E-state index in [1.54, 1.807) is 6.07 Å². The lowest BCUT2D eigenvalue weighted by molar-refractivity contribution is 0.0971. The molecule has 0 saturated heterocycles. The molecular weight excluding hydrogens is 300 g/mol. The molecule has 1 aliphatic rings. The van der Waals surface area contributed by atoms with Gasteiger partial charge in [-0.2, -0.15) is 0 Å². The van der Waals surface area contributed by atoms with Crippen molar-refractivity contribution in [3.63, 3.8) is 0 Å². The number of ketones is 1. The van der Waals surface area contributed by atoms with E-state index in [2.05, 4.69) is 4.57 Å². The highest BCUT2D eigenvalue weighted by Gasteiger charge is 2.26. The van der Waals surface area contributed by atoms with Gasteiger partial charge in [0.05, 0.1) is 5.52 Å². The normalized spacial score (nSPS) is 14.0. The van der Waals surface area contributed by atoms with Crippen LogP contribution in [0.4, 0.5) is 0 Å². The molecule has 4 rings (SSSR count). The number of nitrogens with two attached hydrogens (primary N) is 1. The Hall–Kier alpha value is -2.88. The quantitative estimate of drug-likeness (QED) is 0.785. The molecule has 3 aromatic rings. The molecule has 1 amide bonds. The molecule has 0 saturated carbocycles. The molecule has 0 radical (unpaired) electrons. The maximum Gasteiger partial charge on any atom is 0.248 e. The highest BCUT2D eigenvalue weighted by molar-refractivity contribution is 6.10. The molecule has 24 heavy (non-hydrogen) atoms. The fourth-order valence-electron chi connectivity index (χ4n) is 3.74. The van der Waals surface area contributed by atoms with Gasteiger partial charge in [0.15, 0.2) is 5.78 Å². The van der Waals surface area contributed by atoms with Crippen molar-refractivity contribution < 1.29 is 9.59 Å². The van der Waals surface area contributed by atoms with E-state index in [1.807, 2.05) is 43.3 Å². The van der Waals surface area contributed by atoms with Gasteiger partial charge in [0.2, 0.25) is 5.91 Å². The maximum absolute atomic E-state index is 12.5. The van der Waals surface area contributed by atoms with Crippen molar-refractivity contribution >= 4 is 22.6 Å². The predicted octanol–water partition coefficient (Wildman–Crippen LogP) is 3.56. The maximum atomic E-state index is 12.5. The molecule has 2 aromatic carbocycles. The van der Waals surface area contributed by atoms with Gasteiger partial charge in [-0.1, -0.05) is 18.2 Å². The zero-order valence-electron chi connectivity index (χ0n) is 13.5. The van der Waals surface area contributed by atoms with Crippen molar-refractivity contribution in [2.45, 2.75) is 26.2 Å². The fourth-order valence-corrected chi connectivity index (χ4v) is 3.74. The van der Waals surface area contributed by atoms with E-state index in [4.69, 9.17) is 5.73 Å². The van der Waals surface area contributed by atoms with Gasteiger partial charge in [0.1, 0.15) is 0 Å². The Morgan fingerprint density at radius 3 is 2.67 bits per heavy atom. The van der Waals surface area contributed by atoms with E-state index in [1.165, 1.54) is 0 Å². The molecule has 2 N–H and O–H groups in total. The number of rotatable bonds is 2. The van der Waals surface area contributed by atoms with Crippen molar-refractivity contribution in [3.05, 3.63) is 64.8 Å². The second-order valence-corrected chi connectivity index (χ2v) is 6.31. The summed E-state index contributed by atoms with van der Waals surface area (Å²) >= 11 is 0. The molecular formula is C20H18N2O2. The number of carbonyl (C=O) groups excluding carboxylic acids is 2. The SMILES string of the molecule is Cc1cc(-n2c3c(c4ccccc42)C(=O)CCC3)ccc1C(N)=O. The number of Topliss-reactive ketones (excluding diaryl/α,β-unsaturated/α-hetero) is 1. The van der Waals surface area contributed by atoms with Crippen molar-refractivity contribution in [2.75, 3.05) is 0 Å². The third-order valence-electron chi connectivity index (χ3n) is 4.80. The molecule has 0 atom stereocenters. The van der Waals surface area contributed by atoms with Crippen LogP contribution in [-0.2, 0) is 6.42 Å². The predicted molar refractivity (Wildman–Crippen MR) is 93.8 cm³/mol. The Kier molecular flexibility index (Phi) is 3.27. The number of nitrogens with zero attached hydrogens (tertiary/aromatic N) is 1. The van der Waals surface area contributed by atoms with Crippen LogP contribution < -0.4 is 5.73 Å². The first kappa shape index (κ1) is 14.7. The number of aryl methyl sites for hydroxylation is 1. The van der Waals surface area contributed by atoms with Crippen LogP contribution in [0.25, 0.3) is 16.6 Å². The smallest absolute Gasteiger partial charge is 0.248 e.